The van der Waals surface area contributed by atoms with E-state index in [1.165, 1.54) is 11.1 Å². The number of benzene rings is 2. The molecule has 2 aromatic carbocycles. The van der Waals surface area contributed by atoms with E-state index in [9.17, 15) is 5.11 Å². The summed E-state index contributed by atoms with van der Waals surface area (Å²) < 4.78 is 5.88. The zero-order valence-electron chi connectivity index (χ0n) is 14.7. The molecule has 0 amide bonds. The molecule has 134 valence electrons. The average Bonchev–Trinajstić information content (AvgIpc) is 3.16. The van der Waals surface area contributed by atoms with Crippen LogP contribution >= 0.6 is 0 Å². The summed E-state index contributed by atoms with van der Waals surface area (Å²) in [7, 11) is 0. The van der Waals surface area contributed by atoms with Crippen LogP contribution in [0.15, 0.2) is 59.0 Å². The van der Waals surface area contributed by atoms with Gasteiger partial charge in [0.2, 0.25) is 11.8 Å². The highest BCUT2D eigenvalue weighted by Gasteiger charge is 2.26. The van der Waals surface area contributed by atoms with Crippen LogP contribution in [0.4, 0.5) is 0 Å². The van der Waals surface area contributed by atoms with Crippen molar-refractivity contribution in [3.05, 3.63) is 71.6 Å². The molecule has 1 N–H and O–H groups in total. The maximum absolute atomic E-state index is 9.57. The minimum Gasteiger partial charge on any atom is -0.419 e. The number of nitrogens with zero attached hydrogens (tertiary/aromatic N) is 3. The minimum absolute atomic E-state index is 0.109. The van der Waals surface area contributed by atoms with Gasteiger partial charge in [-0.15, -0.1) is 10.2 Å². The van der Waals surface area contributed by atoms with Gasteiger partial charge >= 0.3 is 0 Å². The van der Waals surface area contributed by atoms with Gasteiger partial charge in [0.15, 0.2) is 0 Å². The van der Waals surface area contributed by atoms with Crippen molar-refractivity contribution in [3.8, 4) is 11.5 Å². The molecule has 4 rings (SSSR count). The van der Waals surface area contributed by atoms with Gasteiger partial charge in [0, 0.05) is 18.2 Å². The van der Waals surface area contributed by atoms with E-state index in [2.05, 4.69) is 39.4 Å². The van der Waals surface area contributed by atoms with E-state index in [1.807, 2.05) is 30.3 Å². The first kappa shape index (κ1) is 16.9. The van der Waals surface area contributed by atoms with Crippen LogP contribution in [0.2, 0.25) is 0 Å². The smallest absolute Gasteiger partial charge is 0.247 e. The van der Waals surface area contributed by atoms with Crippen LogP contribution < -0.4 is 0 Å². The number of aliphatic hydroxyl groups excluding tert-OH is 1. The van der Waals surface area contributed by atoms with E-state index in [0.717, 1.165) is 24.8 Å². The van der Waals surface area contributed by atoms with Crippen molar-refractivity contribution in [1.29, 1.82) is 0 Å². The normalized spacial score (nSPS) is 16.6. The molecule has 0 saturated heterocycles. The number of aliphatic hydroxyl groups is 1. The van der Waals surface area contributed by atoms with Crippen LogP contribution in [0.5, 0.6) is 0 Å². The molecular formula is C21H23N3O2. The third kappa shape index (κ3) is 3.54. The fourth-order valence-electron chi connectivity index (χ4n) is 3.77. The Morgan fingerprint density at radius 1 is 1.04 bits per heavy atom. The number of hydrogen-bond acceptors (Lipinski definition) is 5. The third-order valence-corrected chi connectivity index (χ3v) is 4.99. The van der Waals surface area contributed by atoms with Crippen molar-refractivity contribution in [3.63, 3.8) is 0 Å². The largest absolute Gasteiger partial charge is 0.419 e. The van der Waals surface area contributed by atoms with Crippen LogP contribution in [0, 0.1) is 0 Å². The first-order valence-electron chi connectivity index (χ1n) is 9.15. The van der Waals surface area contributed by atoms with Crippen LogP contribution in [-0.2, 0) is 13.0 Å². The van der Waals surface area contributed by atoms with E-state index in [-0.39, 0.29) is 12.6 Å². The molecule has 3 aromatic rings. The summed E-state index contributed by atoms with van der Waals surface area (Å²) in [5.41, 5.74) is 3.68. The highest BCUT2D eigenvalue weighted by atomic mass is 16.4. The Kier molecular flexibility index (Phi) is 5.09. The lowest BCUT2D eigenvalue weighted by molar-refractivity contribution is 0.121. The maximum atomic E-state index is 9.57. The van der Waals surface area contributed by atoms with E-state index in [0.29, 0.717) is 24.9 Å². The molecule has 1 unspecified atom stereocenters. The molecular weight excluding hydrogens is 326 g/mol. The molecule has 0 aliphatic heterocycles. The van der Waals surface area contributed by atoms with Gasteiger partial charge in [-0.3, -0.25) is 4.90 Å². The Balaban J connectivity index is 1.56. The molecule has 0 bridgehead atoms. The van der Waals surface area contributed by atoms with E-state index >= 15 is 0 Å². The fourth-order valence-corrected chi connectivity index (χ4v) is 3.77. The first-order valence-corrected chi connectivity index (χ1v) is 9.15. The summed E-state index contributed by atoms with van der Waals surface area (Å²) in [5.74, 6) is 1.12. The Morgan fingerprint density at radius 3 is 2.69 bits per heavy atom. The lowest BCUT2D eigenvalue weighted by Gasteiger charge is -2.34. The lowest BCUT2D eigenvalue weighted by atomic mass is 9.87. The number of rotatable bonds is 6. The zero-order valence-corrected chi connectivity index (χ0v) is 14.7. The van der Waals surface area contributed by atoms with Crippen molar-refractivity contribution < 1.29 is 9.52 Å². The Labute approximate surface area is 153 Å². The summed E-state index contributed by atoms with van der Waals surface area (Å²) in [4.78, 5) is 2.25. The molecule has 0 saturated carbocycles. The summed E-state index contributed by atoms with van der Waals surface area (Å²) >= 11 is 0. The summed E-state index contributed by atoms with van der Waals surface area (Å²) in [6, 6.07) is 18.7. The van der Waals surface area contributed by atoms with Gasteiger partial charge in [-0.2, -0.15) is 0 Å². The number of fused-ring (bicyclic) bond motifs is 1. The Morgan fingerprint density at radius 2 is 1.85 bits per heavy atom. The van der Waals surface area contributed by atoms with Gasteiger partial charge in [0.25, 0.3) is 0 Å². The molecule has 26 heavy (non-hydrogen) atoms. The standard InChI is InChI=1S/C21H23N3O2/c25-14-13-24(19-12-6-10-16-7-4-5-11-18(16)19)15-20-22-23-21(26-20)17-8-2-1-3-9-17/h1-5,7-9,11,19,25H,6,10,12-15H2. The maximum Gasteiger partial charge on any atom is 0.247 e. The van der Waals surface area contributed by atoms with Gasteiger partial charge in [0.05, 0.1) is 13.2 Å². The first-order chi connectivity index (χ1) is 12.8. The molecule has 1 heterocycles. The zero-order chi connectivity index (χ0) is 17.8. The predicted octanol–water partition coefficient (Wildman–Crippen LogP) is 3.61. The highest BCUT2D eigenvalue weighted by molar-refractivity contribution is 5.51. The quantitative estimate of drug-likeness (QED) is 0.736. The van der Waals surface area contributed by atoms with Gasteiger partial charge in [-0.05, 0) is 42.5 Å². The lowest BCUT2D eigenvalue weighted by Crippen LogP contribution is -2.33. The highest BCUT2D eigenvalue weighted by Crippen LogP contribution is 2.35. The average molecular weight is 349 g/mol. The molecule has 0 radical (unpaired) electrons. The molecule has 1 atom stereocenters. The number of hydrogen-bond donors (Lipinski definition) is 1. The topological polar surface area (TPSA) is 62.4 Å². The van der Waals surface area contributed by atoms with Crippen LogP contribution in [-0.4, -0.2) is 33.4 Å². The molecule has 1 aromatic heterocycles. The molecule has 1 aliphatic rings. The summed E-state index contributed by atoms with van der Waals surface area (Å²) in [6.07, 6.45) is 3.36. The van der Waals surface area contributed by atoms with Crippen molar-refractivity contribution in [2.75, 3.05) is 13.2 Å². The summed E-state index contributed by atoms with van der Waals surface area (Å²) in [6.45, 7) is 1.24. The van der Waals surface area contributed by atoms with Gasteiger partial charge < -0.3 is 9.52 Å². The third-order valence-electron chi connectivity index (χ3n) is 4.99. The molecule has 5 nitrogen and oxygen atoms in total. The predicted molar refractivity (Wildman–Crippen MR) is 99.4 cm³/mol. The summed E-state index contributed by atoms with van der Waals surface area (Å²) in [5, 5.41) is 18.0. The van der Waals surface area contributed by atoms with Gasteiger partial charge in [0.1, 0.15) is 0 Å². The van der Waals surface area contributed by atoms with E-state index in [4.69, 9.17) is 4.42 Å². The minimum atomic E-state index is 0.109. The second kappa shape index (κ2) is 7.81. The fraction of sp³-hybridized carbons (Fsp3) is 0.333. The Bertz CT molecular complexity index is 847. The number of aromatic nitrogens is 2. The van der Waals surface area contributed by atoms with Crippen LogP contribution in [0.1, 0.15) is 35.9 Å². The molecule has 5 heteroatoms. The molecule has 1 aliphatic carbocycles. The van der Waals surface area contributed by atoms with Crippen molar-refractivity contribution in [2.45, 2.75) is 31.8 Å². The van der Waals surface area contributed by atoms with Crippen LogP contribution in [0.25, 0.3) is 11.5 Å². The molecule has 0 spiro atoms. The van der Waals surface area contributed by atoms with Crippen LogP contribution in [0.3, 0.4) is 0 Å². The Hall–Kier alpha value is -2.50. The van der Waals surface area contributed by atoms with E-state index in [1.54, 1.807) is 0 Å². The van der Waals surface area contributed by atoms with Gasteiger partial charge in [-0.1, -0.05) is 42.5 Å². The monoisotopic (exact) mass is 349 g/mol. The second-order valence-corrected chi connectivity index (χ2v) is 6.67. The van der Waals surface area contributed by atoms with Crippen molar-refractivity contribution >= 4 is 0 Å². The second-order valence-electron chi connectivity index (χ2n) is 6.67. The van der Waals surface area contributed by atoms with Gasteiger partial charge in [-0.25, -0.2) is 0 Å². The van der Waals surface area contributed by atoms with E-state index < -0.39 is 0 Å². The van der Waals surface area contributed by atoms with Crippen molar-refractivity contribution in [1.82, 2.24) is 15.1 Å². The molecule has 0 fully saturated rings. The number of aryl methyl sites for hydroxylation is 1. The SMILES string of the molecule is OCCN(Cc1nnc(-c2ccccc2)o1)C1CCCc2ccccc21. The van der Waals surface area contributed by atoms with Crippen molar-refractivity contribution in [2.24, 2.45) is 0 Å².